The molecule has 2 unspecified atom stereocenters. The van der Waals surface area contributed by atoms with Gasteiger partial charge >= 0.3 is 12.1 Å². The average molecular weight is 378 g/mol. The maximum absolute atomic E-state index is 12.8. The Hall–Kier alpha value is -2.12. The van der Waals surface area contributed by atoms with Gasteiger partial charge in [0, 0.05) is 26.5 Å². The van der Waals surface area contributed by atoms with Gasteiger partial charge in [-0.25, -0.2) is 9.59 Å². The van der Waals surface area contributed by atoms with E-state index in [9.17, 15) is 9.59 Å². The first-order valence-electron chi connectivity index (χ1n) is 9.05. The molecular formula is C20H30N2O5. The summed E-state index contributed by atoms with van der Waals surface area (Å²) in [4.78, 5) is 26.7. The number of methoxy groups -OCH3 is 1. The summed E-state index contributed by atoms with van der Waals surface area (Å²) < 4.78 is 16.5. The van der Waals surface area contributed by atoms with Crippen LogP contribution in [-0.4, -0.2) is 47.5 Å². The maximum Gasteiger partial charge on any atom is 0.411 e. The Labute approximate surface area is 160 Å². The zero-order valence-electron chi connectivity index (χ0n) is 16.8. The van der Waals surface area contributed by atoms with Crippen molar-refractivity contribution >= 4 is 12.1 Å². The van der Waals surface area contributed by atoms with Crippen LogP contribution in [0, 0.1) is 0 Å². The number of esters is 1. The topological polar surface area (TPSA) is 91.1 Å². The summed E-state index contributed by atoms with van der Waals surface area (Å²) in [7, 11) is 1.46. The molecule has 1 heterocycles. The molecule has 0 radical (unpaired) electrons. The summed E-state index contributed by atoms with van der Waals surface area (Å²) in [5.41, 5.74) is 4.33. The first kappa shape index (κ1) is 21.2. The second-order valence-electron chi connectivity index (χ2n) is 8.18. The predicted octanol–water partition coefficient (Wildman–Crippen LogP) is 2.82. The van der Waals surface area contributed by atoms with Gasteiger partial charge in [-0.15, -0.1) is 0 Å². The number of likely N-dealkylation sites (tertiary alicyclic amines) is 1. The van der Waals surface area contributed by atoms with Gasteiger partial charge in [0.1, 0.15) is 12.2 Å². The Morgan fingerprint density at radius 1 is 1.22 bits per heavy atom. The van der Waals surface area contributed by atoms with E-state index >= 15 is 0 Å². The van der Waals surface area contributed by atoms with Crippen LogP contribution in [0.5, 0.6) is 0 Å². The first-order chi connectivity index (χ1) is 12.5. The van der Waals surface area contributed by atoms with Gasteiger partial charge in [-0.3, -0.25) is 4.90 Å². The lowest BCUT2D eigenvalue weighted by atomic mass is 9.83. The summed E-state index contributed by atoms with van der Waals surface area (Å²) in [5, 5.41) is 0. The van der Waals surface area contributed by atoms with Crippen LogP contribution in [0.4, 0.5) is 4.79 Å². The van der Waals surface area contributed by atoms with Crippen LogP contribution in [0.3, 0.4) is 0 Å². The molecule has 27 heavy (non-hydrogen) atoms. The summed E-state index contributed by atoms with van der Waals surface area (Å²) in [6, 6.07) is 9.42. The zero-order chi connectivity index (χ0) is 20.3. The molecule has 0 saturated carbocycles. The van der Waals surface area contributed by atoms with Crippen molar-refractivity contribution in [3.63, 3.8) is 0 Å². The van der Waals surface area contributed by atoms with Crippen LogP contribution in [0.1, 0.15) is 46.1 Å². The summed E-state index contributed by atoms with van der Waals surface area (Å²) in [6.07, 6.45) is -0.109. The third kappa shape index (κ3) is 5.20. The number of carbonyl (C=O) groups excluding carboxylic acids is 2. The van der Waals surface area contributed by atoms with Gasteiger partial charge in [0.25, 0.3) is 0 Å². The Bertz CT molecular complexity index is 669. The molecule has 1 aromatic carbocycles. The van der Waals surface area contributed by atoms with Crippen LogP contribution in [0.15, 0.2) is 30.3 Å². The fourth-order valence-electron chi connectivity index (χ4n) is 3.21. The summed E-state index contributed by atoms with van der Waals surface area (Å²) >= 11 is 0. The van der Waals surface area contributed by atoms with Crippen LogP contribution in [0.2, 0.25) is 0 Å². The number of carbonyl (C=O) groups is 2. The molecule has 1 aliphatic rings. The van der Waals surface area contributed by atoms with E-state index in [0.29, 0.717) is 0 Å². The third-order valence-corrected chi connectivity index (χ3v) is 4.59. The number of hydrogen-bond donors (Lipinski definition) is 1. The van der Waals surface area contributed by atoms with E-state index in [-0.39, 0.29) is 26.0 Å². The average Bonchev–Trinajstić information content (AvgIpc) is 2.57. The molecular weight excluding hydrogens is 348 g/mol. The molecule has 1 aromatic rings. The van der Waals surface area contributed by atoms with Crippen LogP contribution in [-0.2, 0) is 25.6 Å². The Morgan fingerprint density at radius 3 is 2.37 bits per heavy atom. The third-order valence-electron chi connectivity index (χ3n) is 4.59. The quantitative estimate of drug-likeness (QED) is 0.810. The number of nitrogens with two attached hydrogens (primary N) is 1. The molecule has 0 aromatic heterocycles. The molecule has 1 amide bonds. The number of hydrogen-bond acceptors (Lipinski definition) is 6. The highest BCUT2D eigenvalue weighted by Gasteiger charge is 2.52. The molecule has 1 fully saturated rings. The van der Waals surface area contributed by atoms with Crippen LogP contribution >= 0.6 is 0 Å². The molecule has 7 nitrogen and oxygen atoms in total. The maximum atomic E-state index is 12.8. The van der Waals surface area contributed by atoms with Crippen molar-refractivity contribution in [1.29, 1.82) is 0 Å². The minimum Gasteiger partial charge on any atom is -0.459 e. The summed E-state index contributed by atoms with van der Waals surface area (Å²) in [5.74, 6) is -0.477. The monoisotopic (exact) mass is 378 g/mol. The highest BCUT2D eigenvalue weighted by atomic mass is 16.6. The van der Waals surface area contributed by atoms with Gasteiger partial charge in [-0.2, -0.15) is 0 Å². The van der Waals surface area contributed by atoms with Gasteiger partial charge in [0.05, 0.1) is 5.66 Å². The molecule has 0 spiro atoms. The molecule has 2 N–H and O–H groups in total. The van der Waals surface area contributed by atoms with E-state index in [1.165, 1.54) is 12.0 Å². The van der Waals surface area contributed by atoms with Crippen molar-refractivity contribution in [2.45, 2.75) is 64.0 Å². The highest BCUT2D eigenvalue weighted by Crippen LogP contribution is 2.36. The fraction of sp³-hybridized carbons (Fsp3) is 0.600. The second kappa shape index (κ2) is 7.86. The van der Waals surface area contributed by atoms with Gasteiger partial charge in [0.15, 0.2) is 5.60 Å². The van der Waals surface area contributed by atoms with E-state index < -0.39 is 28.9 Å². The lowest BCUT2D eigenvalue weighted by molar-refractivity contribution is -0.183. The Kier molecular flexibility index (Phi) is 6.17. The van der Waals surface area contributed by atoms with Crippen LogP contribution in [0.25, 0.3) is 0 Å². The molecule has 2 rings (SSSR count). The van der Waals surface area contributed by atoms with E-state index in [1.807, 2.05) is 30.3 Å². The molecule has 150 valence electrons. The van der Waals surface area contributed by atoms with Gasteiger partial charge in [-0.1, -0.05) is 30.3 Å². The summed E-state index contributed by atoms with van der Waals surface area (Å²) in [6.45, 7) is 7.46. The number of amides is 1. The minimum atomic E-state index is -1.20. The molecule has 0 aliphatic carbocycles. The smallest absolute Gasteiger partial charge is 0.411 e. The molecule has 1 saturated heterocycles. The number of rotatable bonds is 4. The second-order valence-corrected chi connectivity index (χ2v) is 8.18. The van der Waals surface area contributed by atoms with Gasteiger partial charge < -0.3 is 19.9 Å². The standard InChI is InChI=1S/C20H30N2O5/c1-18(2,3)27-17(24)22-12-11-20(25-5,14-19(22,4)21)16(23)26-13-15-9-7-6-8-10-15/h6-10H,11-14,21H2,1-5H3. The van der Waals surface area contributed by atoms with Crippen molar-refractivity contribution in [2.75, 3.05) is 13.7 Å². The van der Waals surface area contributed by atoms with E-state index in [0.717, 1.165) is 5.56 Å². The minimum absolute atomic E-state index is 0.114. The number of nitrogens with zero attached hydrogens (tertiary/aromatic N) is 1. The van der Waals surface area contributed by atoms with Crippen LogP contribution < -0.4 is 5.73 Å². The first-order valence-corrected chi connectivity index (χ1v) is 9.05. The predicted molar refractivity (Wildman–Crippen MR) is 101 cm³/mol. The normalized spacial score (nSPS) is 25.8. The van der Waals surface area contributed by atoms with E-state index in [4.69, 9.17) is 19.9 Å². The number of ether oxygens (including phenoxy) is 3. The van der Waals surface area contributed by atoms with Crippen molar-refractivity contribution in [2.24, 2.45) is 5.73 Å². The number of benzene rings is 1. The zero-order valence-corrected chi connectivity index (χ0v) is 16.8. The number of piperidine rings is 1. The fourth-order valence-corrected chi connectivity index (χ4v) is 3.21. The molecule has 7 heteroatoms. The highest BCUT2D eigenvalue weighted by molar-refractivity contribution is 5.81. The van der Waals surface area contributed by atoms with E-state index in [1.54, 1.807) is 27.7 Å². The lowest BCUT2D eigenvalue weighted by Gasteiger charge is -2.48. The van der Waals surface area contributed by atoms with Crippen molar-refractivity contribution in [3.05, 3.63) is 35.9 Å². The van der Waals surface area contributed by atoms with Crippen molar-refractivity contribution in [3.8, 4) is 0 Å². The Morgan fingerprint density at radius 2 is 1.85 bits per heavy atom. The van der Waals surface area contributed by atoms with Crippen molar-refractivity contribution in [1.82, 2.24) is 4.90 Å². The van der Waals surface area contributed by atoms with Gasteiger partial charge in [0.2, 0.25) is 0 Å². The van der Waals surface area contributed by atoms with Crippen molar-refractivity contribution < 1.29 is 23.8 Å². The largest absolute Gasteiger partial charge is 0.459 e. The SMILES string of the molecule is COC1(C(=O)OCc2ccccc2)CCN(C(=O)OC(C)(C)C)C(C)(N)C1. The molecule has 0 bridgehead atoms. The van der Waals surface area contributed by atoms with Gasteiger partial charge in [-0.05, 0) is 33.3 Å². The lowest BCUT2D eigenvalue weighted by Crippen LogP contribution is -2.67. The molecule has 1 aliphatic heterocycles. The van der Waals surface area contributed by atoms with E-state index in [2.05, 4.69) is 0 Å². The Balaban J connectivity index is 2.08. The molecule has 2 atom stereocenters.